The number of benzene rings is 1. The van der Waals surface area contributed by atoms with Crippen molar-refractivity contribution in [1.82, 2.24) is 4.90 Å². The molecule has 1 aromatic heterocycles. The Labute approximate surface area is 125 Å². The highest BCUT2D eigenvalue weighted by molar-refractivity contribution is 9.11. The number of carbonyl (C=O) groups excluding carboxylic acids is 1. The Bertz CT molecular complexity index is 577. The molecular formula is C15H14BrNOS. The number of hydrogen-bond acceptors (Lipinski definition) is 2. The minimum absolute atomic E-state index is 0.00572. The summed E-state index contributed by atoms with van der Waals surface area (Å²) in [5, 5.41) is 2.05. The molecule has 0 saturated heterocycles. The zero-order valence-electron chi connectivity index (χ0n) is 10.5. The third-order valence-electron chi connectivity index (χ3n) is 2.64. The van der Waals surface area contributed by atoms with Gasteiger partial charge < -0.3 is 4.90 Å². The molecule has 1 aromatic carbocycles. The average molecular weight is 336 g/mol. The fourth-order valence-electron chi connectivity index (χ4n) is 1.64. The predicted molar refractivity (Wildman–Crippen MR) is 84.0 cm³/mol. The van der Waals surface area contributed by atoms with Crippen molar-refractivity contribution in [2.24, 2.45) is 0 Å². The highest BCUT2D eigenvalue weighted by Gasteiger charge is 2.06. The summed E-state index contributed by atoms with van der Waals surface area (Å²) in [5.41, 5.74) is 2.17. The van der Waals surface area contributed by atoms with Crippen molar-refractivity contribution in [3.8, 4) is 0 Å². The lowest BCUT2D eigenvalue weighted by Crippen LogP contribution is -2.23. The summed E-state index contributed by atoms with van der Waals surface area (Å²) in [4.78, 5) is 13.7. The van der Waals surface area contributed by atoms with Crippen molar-refractivity contribution < 1.29 is 4.79 Å². The first-order chi connectivity index (χ1) is 9.15. The SMILES string of the molecule is CN(Cc1csc(Br)c1)C(=O)C=Cc1ccccc1. The van der Waals surface area contributed by atoms with Gasteiger partial charge in [0.15, 0.2) is 0 Å². The van der Waals surface area contributed by atoms with Crippen molar-refractivity contribution in [3.63, 3.8) is 0 Å². The van der Waals surface area contributed by atoms with Crippen LogP contribution in [0.2, 0.25) is 0 Å². The second-order valence-corrected chi connectivity index (χ2v) is 6.49. The fraction of sp³-hybridized carbons (Fsp3) is 0.133. The molecule has 0 aliphatic carbocycles. The molecule has 2 nitrogen and oxygen atoms in total. The van der Waals surface area contributed by atoms with Crippen molar-refractivity contribution >= 4 is 39.2 Å². The Morgan fingerprint density at radius 3 is 2.74 bits per heavy atom. The highest BCUT2D eigenvalue weighted by atomic mass is 79.9. The van der Waals surface area contributed by atoms with Gasteiger partial charge in [-0.3, -0.25) is 4.79 Å². The number of likely N-dealkylation sites (N-methyl/N-ethyl adjacent to an activating group) is 1. The molecule has 0 atom stereocenters. The van der Waals surface area contributed by atoms with Gasteiger partial charge in [-0.25, -0.2) is 0 Å². The van der Waals surface area contributed by atoms with Crippen molar-refractivity contribution in [2.45, 2.75) is 6.54 Å². The molecule has 98 valence electrons. The maximum absolute atomic E-state index is 12.0. The molecule has 2 aromatic rings. The number of carbonyl (C=O) groups is 1. The Balaban J connectivity index is 1.94. The third kappa shape index (κ3) is 4.33. The predicted octanol–water partition coefficient (Wildman–Crippen LogP) is 4.18. The number of thiophene rings is 1. The first-order valence-corrected chi connectivity index (χ1v) is 7.53. The first-order valence-electron chi connectivity index (χ1n) is 5.86. The topological polar surface area (TPSA) is 20.3 Å². The van der Waals surface area contributed by atoms with Gasteiger partial charge in [-0.2, -0.15) is 0 Å². The molecule has 0 unspecified atom stereocenters. The van der Waals surface area contributed by atoms with Gasteiger partial charge in [-0.1, -0.05) is 30.3 Å². The number of amides is 1. The van der Waals surface area contributed by atoms with Crippen molar-refractivity contribution in [1.29, 1.82) is 0 Å². The average Bonchev–Trinajstić information content (AvgIpc) is 2.82. The Kier molecular flexibility index (Phi) is 4.93. The molecule has 4 heteroatoms. The molecule has 0 saturated carbocycles. The van der Waals surface area contributed by atoms with Crippen LogP contribution in [0.1, 0.15) is 11.1 Å². The van der Waals surface area contributed by atoms with Crippen LogP contribution in [0.15, 0.2) is 51.6 Å². The summed E-state index contributed by atoms with van der Waals surface area (Å²) in [6, 6.07) is 11.8. The Morgan fingerprint density at radius 2 is 2.11 bits per heavy atom. The molecule has 0 radical (unpaired) electrons. The summed E-state index contributed by atoms with van der Waals surface area (Å²) in [6.07, 6.45) is 3.44. The molecule has 0 N–H and O–H groups in total. The first kappa shape index (κ1) is 14.0. The van der Waals surface area contributed by atoms with Gasteiger partial charge in [-0.15, -0.1) is 11.3 Å². The molecule has 0 bridgehead atoms. The van der Waals surface area contributed by atoms with Crippen LogP contribution in [-0.2, 0) is 11.3 Å². The van der Waals surface area contributed by atoms with Gasteiger partial charge in [0.05, 0.1) is 3.79 Å². The van der Waals surface area contributed by atoms with Crippen LogP contribution in [0.5, 0.6) is 0 Å². The molecule has 1 amide bonds. The molecule has 19 heavy (non-hydrogen) atoms. The Hall–Kier alpha value is -1.39. The van der Waals surface area contributed by atoms with Gasteiger partial charge in [0.25, 0.3) is 0 Å². The second kappa shape index (κ2) is 6.68. The van der Waals surface area contributed by atoms with Gasteiger partial charge in [0.2, 0.25) is 5.91 Å². The molecule has 2 rings (SSSR count). The van der Waals surface area contributed by atoms with Crippen molar-refractivity contribution in [3.05, 3.63) is 62.8 Å². The van der Waals surface area contributed by atoms with Gasteiger partial charge in [0.1, 0.15) is 0 Å². The van der Waals surface area contributed by atoms with Crippen LogP contribution in [0, 0.1) is 0 Å². The second-order valence-electron chi connectivity index (χ2n) is 4.20. The lowest BCUT2D eigenvalue weighted by Gasteiger charge is -2.13. The summed E-state index contributed by atoms with van der Waals surface area (Å²) in [6.45, 7) is 0.625. The van der Waals surface area contributed by atoms with E-state index >= 15 is 0 Å². The summed E-state index contributed by atoms with van der Waals surface area (Å²) >= 11 is 5.05. The third-order valence-corrected chi connectivity index (χ3v) is 4.19. The lowest BCUT2D eigenvalue weighted by molar-refractivity contribution is -0.125. The van der Waals surface area contributed by atoms with Crippen molar-refractivity contribution in [2.75, 3.05) is 7.05 Å². The molecule has 0 spiro atoms. The van der Waals surface area contributed by atoms with Crippen LogP contribution in [0.4, 0.5) is 0 Å². The van der Waals surface area contributed by atoms with E-state index in [-0.39, 0.29) is 5.91 Å². The van der Waals surface area contributed by atoms with Crippen LogP contribution in [0.3, 0.4) is 0 Å². The molecule has 0 aliphatic heterocycles. The highest BCUT2D eigenvalue weighted by Crippen LogP contribution is 2.21. The quantitative estimate of drug-likeness (QED) is 0.767. The maximum atomic E-state index is 12.0. The molecular weight excluding hydrogens is 322 g/mol. The van der Waals surface area contributed by atoms with E-state index in [1.165, 1.54) is 0 Å². The largest absolute Gasteiger partial charge is 0.338 e. The van der Waals surface area contributed by atoms with E-state index in [0.29, 0.717) is 6.54 Å². The normalized spacial score (nSPS) is 10.8. The minimum Gasteiger partial charge on any atom is -0.338 e. The maximum Gasteiger partial charge on any atom is 0.246 e. The standard InChI is InChI=1S/C15H14BrNOS/c1-17(10-13-9-14(16)19-11-13)15(18)8-7-12-5-3-2-4-6-12/h2-9,11H,10H2,1H3. The number of hydrogen-bond donors (Lipinski definition) is 0. The number of nitrogens with zero attached hydrogens (tertiary/aromatic N) is 1. The molecule has 0 aliphatic rings. The van der Waals surface area contributed by atoms with E-state index in [9.17, 15) is 4.79 Å². The number of halogens is 1. The Morgan fingerprint density at radius 1 is 1.37 bits per heavy atom. The van der Waals surface area contributed by atoms with E-state index in [1.54, 1.807) is 22.3 Å². The molecule has 0 fully saturated rings. The van der Waals surface area contributed by atoms with E-state index < -0.39 is 0 Å². The summed E-state index contributed by atoms with van der Waals surface area (Å²) < 4.78 is 1.09. The van der Waals surface area contributed by atoms with Crippen LogP contribution in [0.25, 0.3) is 6.08 Å². The van der Waals surface area contributed by atoms with Gasteiger partial charge >= 0.3 is 0 Å². The van der Waals surface area contributed by atoms with E-state index in [2.05, 4.69) is 21.3 Å². The monoisotopic (exact) mass is 335 g/mol. The van der Waals surface area contributed by atoms with E-state index in [1.807, 2.05) is 49.5 Å². The molecule has 1 heterocycles. The van der Waals surface area contributed by atoms with Crippen LogP contribution in [-0.4, -0.2) is 17.9 Å². The van der Waals surface area contributed by atoms with Crippen LogP contribution >= 0.6 is 27.3 Å². The zero-order chi connectivity index (χ0) is 13.7. The minimum atomic E-state index is 0.00572. The zero-order valence-corrected chi connectivity index (χ0v) is 12.9. The van der Waals surface area contributed by atoms with E-state index in [0.717, 1.165) is 14.9 Å². The lowest BCUT2D eigenvalue weighted by atomic mass is 10.2. The fourth-order valence-corrected chi connectivity index (χ4v) is 2.84. The van der Waals surface area contributed by atoms with Crippen LogP contribution < -0.4 is 0 Å². The summed E-state index contributed by atoms with van der Waals surface area (Å²) in [7, 11) is 1.81. The van der Waals surface area contributed by atoms with Gasteiger partial charge in [-0.05, 0) is 44.6 Å². The van der Waals surface area contributed by atoms with Gasteiger partial charge in [0, 0.05) is 19.7 Å². The summed E-state index contributed by atoms with van der Waals surface area (Å²) in [5.74, 6) is 0.00572. The van der Waals surface area contributed by atoms with E-state index in [4.69, 9.17) is 0 Å². The smallest absolute Gasteiger partial charge is 0.246 e. The number of rotatable bonds is 4.